The quantitative estimate of drug-likeness (QED) is 0.391. The second-order valence-electron chi connectivity index (χ2n) is 10.1. The molecule has 2 fully saturated rings. The summed E-state index contributed by atoms with van der Waals surface area (Å²) in [5.41, 5.74) is 2.84. The lowest BCUT2D eigenvalue weighted by Crippen LogP contribution is -2.35. The maximum absolute atomic E-state index is 13.4. The molecule has 3 atom stereocenters. The number of rotatable bonds is 7. The molecular formula is C25H29N5O4S2. The Morgan fingerprint density at radius 2 is 1.78 bits per heavy atom. The lowest BCUT2D eigenvalue weighted by molar-refractivity contribution is 0.377. The molecule has 3 unspecified atom stereocenters. The van der Waals surface area contributed by atoms with Crippen LogP contribution in [0.25, 0.3) is 22.1 Å². The summed E-state index contributed by atoms with van der Waals surface area (Å²) in [4.78, 5) is 9.23. The molecule has 6 rings (SSSR count). The molecule has 1 aromatic carbocycles. The molecule has 9 nitrogen and oxygen atoms in total. The topological polar surface area (TPSA) is 116 Å². The van der Waals surface area contributed by atoms with Crippen LogP contribution < -0.4 is 4.72 Å². The number of hydrogen-bond donors (Lipinski definition) is 1. The van der Waals surface area contributed by atoms with Gasteiger partial charge in [0.25, 0.3) is 10.0 Å². The van der Waals surface area contributed by atoms with E-state index in [1.807, 2.05) is 6.92 Å². The van der Waals surface area contributed by atoms with Crippen molar-refractivity contribution in [3.63, 3.8) is 0 Å². The van der Waals surface area contributed by atoms with Crippen molar-refractivity contribution >= 4 is 42.1 Å². The van der Waals surface area contributed by atoms with E-state index in [1.165, 1.54) is 3.97 Å². The van der Waals surface area contributed by atoms with E-state index in [0.29, 0.717) is 23.0 Å². The van der Waals surface area contributed by atoms with Crippen molar-refractivity contribution in [3.8, 4) is 0 Å². The number of nitrogens with zero attached hydrogens (tertiary/aromatic N) is 4. The molecule has 2 aliphatic rings. The zero-order valence-corrected chi connectivity index (χ0v) is 21.8. The Bertz CT molecular complexity index is 1670. The summed E-state index contributed by atoms with van der Waals surface area (Å²) in [6.07, 6.45) is 8.75. The number of benzene rings is 1. The maximum Gasteiger partial charge on any atom is 0.269 e. The van der Waals surface area contributed by atoms with Gasteiger partial charge in [-0.15, -0.1) is 0 Å². The highest BCUT2D eigenvalue weighted by atomic mass is 32.2. The van der Waals surface area contributed by atoms with Gasteiger partial charge in [-0.1, -0.05) is 31.0 Å². The van der Waals surface area contributed by atoms with Crippen LogP contribution in [-0.4, -0.2) is 46.6 Å². The summed E-state index contributed by atoms with van der Waals surface area (Å²) in [6.45, 7) is 4.03. The van der Waals surface area contributed by atoms with Crippen LogP contribution in [0.3, 0.4) is 0 Å². The fraction of sp³-hybridized carbons (Fsp3) is 0.440. The van der Waals surface area contributed by atoms with E-state index in [-0.39, 0.29) is 28.1 Å². The van der Waals surface area contributed by atoms with Gasteiger partial charge in [0.1, 0.15) is 5.52 Å². The first-order valence-electron chi connectivity index (χ1n) is 12.3. The Balaban J connectivity index is 1.40. The third-order valence-electron chi connectivity index (χ3n) is 7.62. The van der Waals surface area contributed by atoms with Crippen molar-refractivity contribution < 1.29 is 16.8 Å². The van der Waals surface area contributed by atoms with Gasteiger partial charge in [-0.05, 0) is 56.7 Å². The summed E-state index contributed by atoms with van der Waals surface area (Å²) in [5.74, 6) is 0.274. The summed E-state index contributed by atoms with van der Waals surface area (Å²) in [7, 11) is -7.09. The van der Waals surface area contributed by atoms with Crippen LogP contribution in [0.1, 0.15) is 50.6 Å². The zero-order valence-electron chi connectivity index (χ0n) is 20.2. The zero-order chi connectivity index (χ0) is 25.2. The summed E-state index contributed by atoms with van der Waals surface area (Å²) in [6, 6.07) is 8.47. The van der Waals surface area contributed by atoms with E-state index in [1.54, 1.807) is 49.1 Å². The number of sulfonamides is 1. The summed E-state index contributed by atoms with van der Waals surface area (Å²) < 4.78 is 58.2. The van der Waals surface area contributed by atoms with E-state index < -0.39 is 20.0 Å². The van der Waals surface area contributed by atoms with Crippen LogP contribution in [-0.2, 0) is 20.0 Å². The molecule has 0 spiro atoms. The lowest BCUT2D eigenvalue weighted by Gasteiger charge is -2.20. The van der Waals surface area contributed by atoms with E-state index >= 15 is 0 Å². The average molecular weight is 528 g/mol. The number of aromatic nitrogens is 4. The normalized spacial score (nSPS) is 23.1. The standard InChI is InChI=1S/C25H29N5O4S2/c1-3-17-12-18(28-35(31,32)19-8-9-19)13-23(17)29-15-27-22-14-26-25-21(24(22)29)10-11-30(25)36(33,34)20-6-4-16(2)5-7-20/h4-7,10-11,14-15,17-19,23,28H,3,8-9,12-13H2,1-2H3. The molecule has 2 saturated carbocycles. The maximum atomic E-state index is 13.4. The first-order chi connectivity index (χ1) is 17.2. The Kier molecular flexibility index (Phi) is 5.51. The van der Waals surface area contributed by atoms with Crippen LogP contribution in [0, 0.1) is 12.8 Å². The van der Waals surface area contributed by atoms with E-state index in [2.05, 4.69) is 26.2 Å². The van der Waals surface area contributed by atoms with Gasteiger partial charge in [0, 0.05) is 23.7 Å². The van der Waals surface area contributed by atoms with Crippen LogP contribution in [0.15, 0.2) is 53.9 Å². The number of nitrogens with one attached hydrogen (secondary N) is 1. The Morgan fingerprint density at radius 3 is 2.47 bits per heavy atom. The van der Waals surface area contributed by atoms with Crippen LogP contribution >= 0.6 is 0 Å². The SMILES string of the molecule is CCC1CC(NS(=O)(=O)C2CC2)CC1n1cnc2cnc3c(ccn3S(=O)(=O)c3ccc(C)cc3)c21. The van der Waals surface area contributed by atoms with Crippen LogP contribution in [0.2, 0.25) is 0 Å². The predicted molar refractivity (Wildman–Crippen MR) is 138 cm³/mol. The Hall–Kier alpha value is -2.76. The Morgan fingerprint density at radius 1 is 1.03 bits per heavy atom. The smallest absolute Gasteiger partial charge is 0.269 e. The highest BCUT2D eigenvalue weighted by Crippen LogP contribution is 2.42. The molecule has 0 aliphatic heterocycles. The van der Waals surface area contributed by atoms with Gasteiger partial charge in [0.15, 0.2) is 5.65 Å². The molecule has 11 heteroatoms. The number of imidazole rings is 1. The molecule has 0 radical (unpaired) electrons. The molecule has 3 heterocycles. The third-order valence-corrected chi connectivity index (χ3v) is 11.3. The number of aryl methyl sites for hydroxylation is 1. The van der Waals surface area contributed by atoms with Gasteiger partial charge in [-0.25, -0.2) is 35.5 Å². The van der Waals surface area contributed by atoms with Gasteiger partial charge >= 0.3 is 0 Å². The molecular weight excluding hydrogens is 498 g/mol. The number of hydrogen-bond acceptors (Lipinski definition) is 6. The monoisotopic (exact) mass is 527 g/mol. The molecule has 3 aromatic heterocycles. The molecule has 190 valence electrons. The minimum atomic E-state index is -3.82. The van der Waals surface area contributed by atoms with E-state index in [0.717, 1.165) is 36.8 Å². The van der Waals surface area contributed by atoms with Gasteiger partial charge in [-0.2, -0.15) is 0 Å². The highest BCUT2D eigenvalue weighted by Gasteiger charge is 2.41. The highest BCUT2D eigenvalue weighted by molar-refractivity contribution is 7.90. The molecule has 36 heavy (non-hydrogen) atoms. The molecule has 4 aromatic rings. The largest absolute Gasteiger partial charge is 0.326 e. The number of fused-ring (bicyclic) bond motifs is 3. The molecule has 1 N–H and O–H groups in total. The van der Waals surface area contributed by atoms with Crippen LogP contribution in [0.4, 0.5) is 0 Å². The molecule has 0 saturated heterocycles. The van der Waals surface area contributed by atoms with Crippen LogP contribution in [0.5, 0.6) is 0 Å². The van der Waals surface area contributed by atoms with Gasteiger partial charge < -0.3 is 4.57 Å². The molecule has 0 bridgehead atoms. The minimum absolute atomic E-state index is 0.0505. The lowest BCUT2D eigenvalue weighted by atomic mass is 10.0. The van der Waals surface area contributed by atoms with Gasteiger partial charge in [0.2, 0.25) is 10.0 Å². The molecule has 2 aliphatic carbocycles. The molecule has 0 amide bonds. The number of pyridine rings is 1. The minimum Gasteiger partial charge on any atom is -0.326 e. The second-order valence-corrected chi connectivity index (χ2v) is 13.9. The summed E-state index contributed by atoms with van der Waals surface area (Å²) in [5, 5.41) is 0.462. The predicted octanol–water partition coefficient (Wildman–Crippen LogP) is 3.74. The van der Waals surface area contributed by atoms with Crippen molar-refractivity contribution in [2.45, 2.75) is 68.2 Å². The first-order valence-corrected chi connectivity index (χ1v) is 15.3. The van der Waals surface area contributed by atoms with Crippen molar-refractivity contribution in [2.24, 2.45) is 5.92 Å². The van der Waals surface area contributed by atoms with Crippen molar-refractivity contribution in [3.05, 3.63) is 54.6 Å². The first kappa shape index (κ1) is 23.6. The average Bonchev–Trinajstić information content (AvgIpc) is 3.31. The van der Waals surface area contributed by atoms with Crippen molar-refractivity contribution in [1.82, 2.24) is 23.2 Å². The summed E-state index contributed by atoms with van der Waals surface area (Å²) >= 11 is 0. The van der Waals surface area contributed by atoms with Crippen molar-refractivity contribution in [1.29, 1.82) is 0 Å². The third kappa shape index (κ3) is 3.84. The van der Waals surface area contributed by atoms with E-state index in [4.69, 9.17) is 0 Å². The Labute approximate surface area is 210 Å². The van der Waals surface area contributed by atoms with E-state index in [9.17, 15) is 16.8 Å². The van der Waals surface area contributed by atoms with Gasteiger partial charge in [0.05, 0.1) is 28.2 Å². The fourth-order valence-electron chi connectivity index (χ4n) is 5.54. The second kappa shape index (κ2) is 8.39. The van der Waals surface area contributed by atoms with Crippen molar-refractivity contribution in [2.75, 3.05) is 0 Å². The van der Waals surface area contributed by atoms with Gasteiger partial charge in [-0.3, -0.25) is 0 Å². The fourth-order valence-corrected chi connectivity index (χ4v) is 8.45.